The Morgan fingerprint density at radius 3 is 2.77 bits per heavy atom. The number of carbonyl (C=O) groups is 2. The Morgan fingerprint density at radius 1 is 1.17 bits per heavy atom. The number of hydrogen-bond donors (Lipinski definition) is 1. The molecule has 0 aliphatic heterocycles. The highest BCUT2D eigenvalue weighted by molar-refractivity contribution is 7.18. The normalized spacial score (nSPS) is 13.3. The summed E-state index contributed by atoms with van der Waals surface area (Å²) in [4.78, 5) is 46.0. The molecule has 0 saturated heterocycles. The van der Waals surface area contributed by atoms with Crippen LogP contribution in [-0.4, -0.2) is 28.3 Å². The van der Waals surface area contributed by atoms with Crippen LogP contribution in [0.3, 0.4) is 0 Å². The number of benzene rings is 1. The zero-order chi connectivity index (χ0) is 21.3. The highest BCUT2D eigenvalue weighted by Crippen LogP contribution is 2.33. The van der Waals surface area contributed by atoms with Crippen LogP contribution < -0.4 is 5.56 Å². The molecule has 3 aromatic rings. The monoisotopic (exact) mass is 464 g/mol. The fourth-order valence-electron chi connectivity index (χ4n) is 3.52. The van der Waals surface area contributed by atoms with Gasteiger partial charge < -0.3 is 9.72 Å². The van der Waals surface area contributed by atoms with Gasteiger partial charge in [0, 0.05) is 16.9 Å². The third-order valence-electron chi connectivity index (χ3n) is 5.05. The molecule has 1 aliphatic carbocycles. The zero-order valence-electron chi connectivity index (χ0n) is 15.9. The van der Waals surface area contributed by atoms with E-state index in [0.29, 0.717) is 21.8 Å². The Morgan fingerprint density at radius 2 is 1.97 bits per heavy atom. The molecule has 156 valence electrons. The molecule has 1 N–H and O–H groups in total. The maximum absolute atomic E-state index is 12.5. The van der Waals surface area contributed by atoms with Gasteiger partial charge in [0.2, 0.25) is 0 Å². The quantitative estimate of drug-likeness (QED) is 0.427. The van der Waals surface area contributed by atoms with Gasteiger partial charge in [-0.1, -0.05) is 23.2 Å². The van der Waals surface area contributed by atoms with Gasteiger partial charge in [-0.05, 0) is 49.4 Å². The van der Waals surface area contributed by atoms with Crippen molar-refractivity contribution in [2.24, 2.45) is 0 Å². The van der Waals surface area contributed by atoms with Crippen molar-refractivity contribution in [3.63, 3.8) is 0 Å². The Hall–Kier alpha value is -2.22. The molecule has 6 nitrogen and oxygen atoms in total. The Balaban J connectivity index is 1.36. The van der Waals surface area contributed by atoms with Crippen molar-refractivity contribution < 1.29 is 14.3 Å². The highest BCUT2D eigenvalue weighted by Gasteiger charge is 2.20. The largest absolute Gasteiger partial charge is 0.457 e. The first-order chi connectivity index (χ1) is 14.4. The van der Waals surface area contributed by atoms with Gasteiger partial charge in [0.1, 0.15) is 10.7 Å². The molecular weight excluding hydrogens is 447 g/mol. The summed E-state index contributed by atoms with van der Waals surface area (Å²) in [5.74, 6) is -0.477. The predicted octanol–water partition coefficient (Wildman–Crippen LogP) is 4.53. The first-order valence-electron chi connectivity index (χ1n) is 9.59. The SMILES string of the molecule is O=C(CCc1nc2sc3c(c2c(=O)[nH]1)CCCC3)OCC(=O)c1ccc(Cl)c(Cl)c1. The van der Waals surface area contributed by atoms with Gasteiger partial charge >= 0.3 is 5.97 Å². The summed E-state index contributed by atoms with van der Waals surface area (Å²) in [5.41, 5.74) is 1.29. The lowest BCUT2D eigenvalue weighted by Crippen LogP contribution is -2.17. The Labute approximate surface area is 186 Å². The van der Waals surface area contributed by atoms with Crippen LogP contribution in [0.1, 0.15) is 45.9 Å². The number of rotatable bonds is 6. The summed E-state index contributed by atoms with van der Waals surface area (Å²) in [5, 5.41) is 1.29. The summed E-state index contributed by atoms with van der Waals surface area (Å²) in [6, 6.07) is 4.47. The molecule has 0 spiro atoms. The molecule has 4 rings (SSSR count). The van der Waals surface area contributed by atoms with Crippen molar-refractivity contribution in [2.45, 2.75) is 38.5 Å². The van der Waals surface area contributed by atoms with Crippen LogP contribution in [-0.2, 0) is 28.8 Å². The second kappa shape index (κ2) is 8.88. The Bertz CT molecular complexity index is 1200. The third kappa shape index (κ3) is 4.43. The first-order valence-corrected chi connectivity index (χ1v) is 11.2. The molecule has 0 radical (unpaired) electrons. The van der Waals surface area contributed by atoms with Gasteiger partial charge in [0.15, 0.2) is 12.4 Å². The van der Waals surface area contributed by atoms with Crippen molar-refractivity contribution in [1.29, 1.82) is 0 Å². The van der Waals surface area contributed by atoms with Gasteiger partial charge in [-0.2, -0.15) is 0 Å². The molecule has 0 amide bonds. The second-order valence-corrected chi connectivity index (χ2v) is 9.01. The molecule has 0 unspecified atom stereocenters. The minimum atomic E-state index is -0.545. The van der Waals surface area contributed by atoms with Gasteiger partial charge in [-0.15, -0.1) is 11.3 Å². The minimum absolute atomic E-state index is 0.00813. The number of aryl methyl sites for hydroxylation is 3. The molecule has 1 aromatic carbocycles. The number of halogens is 2. The van der Waals surface area contributed by atoms with E-state index in [0.717, 1.165) is 36.1 Å². The van der Waals surface area contributed by atoms with Crippen molar-refractivity contribution in [2.75, 3.05) is 6.61 Å². The van der Waals surface area contributed by atoms with E-state index in [4.69, 9.17) is 27.9 Å². The van der Waals surface area contributed by atoms with E-state index < -0.39 is 12.6 Å². The maximum atomic E-state index is 12.5. The van der Waals surface area contributed by atoms with Gasteiger partial charge in [0.05, 0.1) is 21.9 Å². The number of ketones is 1. The topological polar surface area (TPSA) is 89.1 Å². The fourth-order valence-corrected chi connectivity index (χ4v) is 5.10. The van der Waals surface area contributed by atoms with Crippen molar-refractivity contribution in [3.8, 4) is 0 Å². The third-order valence-corrected chi connectivity index (χ3v) is 6.97. The lowest BCUT2D eigenvalue weighted by atomic mass is 9.97. The molecule has 2 aromatic heterocycles. The van der Waals surface area contributed by atoms with Crippen LogP contribution in [0.25, 0.3) is 10.2 Å². The molecule has 0 atom stereocenters. The van der Waals surface area contributed by atoms with E-state index in [1.54, 1.807) is 11.3 Å². The van der Waals surface area contributed by atoms with Crippen LogP contribution in [0.5, 0.6) is 0 Å². The molecule has 0 saturated carbocycles. The van der Waals surface area contributed by atoms with Crippen LogP contribution in [0, 0.1) is 0 Å². The smallest absolute Gasteiger partial charge is 0.306 e. The van der Waals surface area contributed by atoms with E-state index in [2.05, 4.69) is 9.97 Å². The minimum Gasteiger partial charge on any atom is -0.457 e. The summed E-state index contributed by atoms with van der Waals surface area (Å²) in [6.07, 6.45) is 4.37. The molecule has 0 bridgehead atoms. The number of carbonyl (C=O) groups excluding carboxylic acids is 2. The van der Waals surface area contributed by atoms with Gasteiger partial charge in [-0.3, -0.25) is 14.4 Å². The summed E-state index contributed by atoms with van der Waals surface area (Å²) in [6.45, 7) is -0.391. The number of aromatic nitrogens is 2. The average Bonchev–Trinajstić information content (AvgIpc) is 3.11. The van der Waals surface area contributed by atoms with Crippen molar-refractivity contribution in [3.05, 3.63) is 60.4 Å². The number of hydrogen-bond acceptors (Lipinski definition) is 6. The zero-order valence-corrected chi connectivity index (χ0v) is 18.3. The number of ether oxygens (including phenoxy) is 1. The predicted molar refractivity (Wildman–Crippen MR) is 117 cm³/mol. The Kier molecular flexibility index (Phi) is 6.22. The summed E-state index contributed by atoms with van der Waals surface area (Å²) >= 11 is 13.3. The summed E-state index contributed by atoms with van der Waals surface area (Å²) < 4.78 is 5.05. The van der Waals surface area contributed by atoms with Gasteiger partial charge in [0.25, 0.3) is 5.56 Å². The number of fused-ring (bicyclic) bond motifs is 3. The lowest BCUT2D eigenvalue weighted by Gasteiger charge is -2.09. The molecular formula is C21H18Cl2N2O4S. The molecule has 9 heteroatoms. The number of nitrogens with one attached hydrogen (secondary N) is 1. The van der Waals surface area contributed by atoms with E-state index >= 15 is 0 Å². The molecule has 1 aliphatic rings. The lowest BCUT2D eigenvalue weighted by molar-refractivity contribution is -0.142. The number of thiophene rings is 1. The van der Waals surface area contributed by atoms with E-state index in [1.807, 2.05) is 0 Å². The van der Waals surface area contributed by atoms with Crippen LogP contribution in [0.15, 0.2) is 23.0 Å². The van der Waals surface area contributed by atoms with E-state index in [-0.39, 0.29) is 29.2 Å². The summed E-state index contributed by atoms with van der Waals surface area (Å²) in [7, 11) is 0. The second-order valence-electron chi connectivity index (χ2n) is 7.12. The number of H-pyrrole nitrogens is 1. The number of nitrogens with zero attached hydrogens (tertiary/aromatic N) is 1. The first kappa shape index (κ1) is 21.0. The number of Topliss-reactive ketones (excluding diaryl/α,β-unsaturated/α-hetero) is 1. The van der Waals surface area contributed by atoms with Crippen molar-refractivity contribution in [1.82, 2.24) is 9.97 Å². The standard InChI is InChI=1S/C21H18Cl2N2O4S/c22-13-6-5-11(9-14(13)23)15(26)10-29-18(27)8-7-17-24-20(28)19-12-3-1-2-4-16(12)30-21(19)25-17/h5-6,9H,1-4,7-8,10H2,(H,24,25,28). The average molecular weight is 465 g/mol. The van der Waals surface area contributed by atoms with Crippen LogP contribution in [0.4, 0.5) is 0 Å². The molecule has 0 fully saturated rings. The molecule has 30 heavy (non-hydrogen) atoms. The van der Waals surface area contributed by atoms with Crippen LogP contribution in [0.2, 0.25) is 10.0 Å². The van der Waals surface area contributed by atoms with E-state index in [9.17, 15) is 14.4 Å². The van der Waals surface area contributed by atoms with E-state index in [1.165, 1.54) is 23.1 Å². The van der Waals surface area contributed by atoms with Crippen molar-refractivity contribution >= 4 is 56.5 Å². The number of esters is 1. The molecule has 2 heterocycles. The van der Waals surface area contributed by atoms with Crippen LogP contribution >= 0.6 is 34.5 Å². The fraction of sp³-hybridized carbons (Fsp3) is 0.333. The maximum Gasteiger partial charge on any atom is 0.306 e. The number of aromatic amines is 1. The highest BCUT2D eigenvalue weighted by atomic mass is 35.5. The van der Waals surface area contributed by atoms with Gasteiger partial charge in [-0.25, -0.2) is 4.98 Å².